The van der Waals surface area contributed by atoms with E-state index >= 15 is 0 Å². The Morgan fingerprint density at radius 3 is 2.49 bits per heavy atom. The predicted molar refractivity (Wildman–Crippen MR) is 149 cm³/mol. The number of benzene rings is 2. The van der Waals surface area contributed by atoms with Gasteiger partial charge in [0.2, 0.25) is 0 Å². The standard InChI is InChI=1S/C29H33F4N7O/c1-18-5-6-21(13-27(18)40-17-26(36-38(40)4)25-15-34-37(3)19(25)2)28(41)35-24-12-20(11-22(14-24)29(31,32)33)16-39-9-7-23(30)8-10-39/h5-6,11-15,17,23,36H,7-10,16H2,1-4H3,(H,35,41). The summed E-state index contributed by atoms with van der Waals surface area (Å²) in [5.41, 5.74) is 7.57. The Labute approximate surface area is 236 Å². The van der Waals surface area contributed by atoms with Crippen LogP contribution in [0.25, 0.3) is 5.70 Å². The van der Waals surface area contributed by atoms with Crippen molar-refractivity contribution >= 4 is 23.0 Å². The minimum absolute atomic E-state index is 0.0523. The third-order valence-electron chi connectivity index (χ3n) is 7.60. The fourth-order valence-electron chi connectivity index (χ4n) is 5.13. The molecule has 0 bridgehead atoms. The molecule has 3 heterocycles. The fraction of sp³-hybridized carbons (Fsp3) is 0.379. The average molecular weight is 572 g/mol. The SMILES string of the molecule is Cc1ccc(C(=O)Nc2cc(CN3CCC(F)CC3)cc(C(F)(F)F)c2)cc1N1C=C(c2cnn(C)c2C)NN1C. The number of carbonyl (C=O) groups is 1. The number of halogens is 4. The third-order valence-corrected chi connectivity index (χ3v) is 7.60. The quantitative estimate of drug-likeness (QED) is 0.386. The Kier molecular flexibility index (Phi) is 7.80. The highest BCUT2D eigenvalue weighted by atomic mass is 19.4. The number of hydrogen-bond acceptors (Lipinski definition) is 6. The van der Waals surface area contributed by atoms with Crippen molar-refractivity contribution in [2.24, 2.45) is 7.05 Å². The monoisotopic (exact) mass is 571 g/mol. The number of aromatic nitrogens is 2. The molecule has 1 fully saturated rings. The Balaban J connectivity index is 1.39. The maximum absolute atomic E-state index is 13.7. The molecule has 1 amide bonds. The van der Waals surface area contributed by atoms with Crippen LogP contribution in [0.5, 0.6) is 0 Å². The van der Waals surface area contributed by atoms with Crippen LogP contribution < -0.4 is 15.8 Å². The van der Waals surface area contributed by atoms with Gasteiger partial charge in [0, 0.05) is 62.4 Å². The van der Waals surface area contributed by atoms with Gasteiger partial charge in [-0.15, -0.1) is 5.12 Å². The van der Waals surface area contributed by atoms with Crippen LogP contribution in [-0.2, 0) is 19.8 Å². The molecule has 41 heavy (non-hydrogen) atoms. The first-order valence-corrected chi connectivity index (χ1v) is 13.4. The smallest absolute Gasteiger partial charge is 0.322 e. The van der Waals surface area contributed by atoms with Crippen LogP contribution in [0.15, 0.2) is 48.8 Å². The maximum Gasteiger partial charge on any atom is 0.416 e. The highest BCUT2D eigenvalue weighted by Gasteiger charge is 2.32. The van der Waals surface area contributed by atoms with Crippen molar-refractivity contribution < 1.29 is 22.4 Å². The second kappa shape index (κ2) is 11.2. The minimum atomic E-state index is -4.58. The van der Waals surface area contributed by atoms with Crippen molar-refractivity contribution in [3.05, 3.63) is 82.3 Å². The normalized spacial score (nSPS) is 17.1. The van der Waals surface area contributed by atoms with Crippen molar-refractivity contribution in [1.82, 2.24) is 25.2 Å². The van der Waals surface area contributed by atoms with Crippen LogP contribution in [0.3, 0.4) is 0 Å². The van der Waals surface area contributed by atoms with Crippen LogP contribution in [-0.4, -0.2) is 52.0 Å². The van der Waals surface area contributed by atoms with Crippen LogP contribution in [0.4, 0.5) is 28.9 Å². The molecule has 2 N–H and O–H groups in total. The molecule has 0 unspecified atom stereocenters. The summed E-state index contributed by atoms with van der Waals surface area (Å²) < 4.78 is 56.5. The Bertz CT molecular complexity index is 1470. The zero-order valence-electron chi connectivity index (χ0n) is 23.4. The molecule has 0 spiro atoms. The number of rotatable bonds is 6. The van der Waals surface area contributed by atoms with Crippen LogP contribution >= 0.6 is 0 Å². The first kappa shape index (κ1) is 28.6. The lowest BCUT2D eigenvalue weighted by Crippen LogP contribution is -2.39. The van der Waals surface area contributed by atoms with E-state index in [-0.39, 0.29) is 12.2 Å². The van der Waals surface area contributed by atoms with E-state index < -0.39 is 23.8 Å². The molecule has 2 aromatic carbocycles. The molecule has 218 valence electrons. The first-order valence-electron chi connectivity index (χ1n) is 13.4. The lowest BCUT2D eigenvalue weighted by molar-refractivity contribution is -0.137. The molecule has 0 aliphatic carbocycles. The Morgan fingerprint density at radius 2 is 1.83 bits per heavy atom. The van der Waals surface area contributed by atoms with E-state index in [2.05, 4.69) is 15.8 Å². The molecular formula is C29H33F4N7O. The van der Waals surface area contributed by atoms with Gasteiger partial charge in [0.25, 0.3) is 5.91 Å². The van der Waals surface area contributed by atoms with Gasteiger partial charge >= 0.3 is 6.18 Å². The third kappa shape index (κ3) is 6.23. The number of aryl methyl sites for hydroxylation is 2. The number of piperidine rings is 1. The second-order valence-electron chi connectivity index (χ2n) is 10.6. The summed E-state index contributed by atoms with van der Waals surface area (Å²) in [6, 6.07) is 8.72. The summed E-state index contributed by atoms with van der Waals surface area (Å²) in [5, 5.41) is 10.6. The van der Waals surface area contributed by atoms with Gasteiger partial charge in [0.1, 0.15) is 6.17 Å². The van der Waals surface area contributed by atoms with E-state index in [4.69, 9.17) is 0 Å². The Morgan fingerprint density at radius 1 is 1.10 bits per heavy atom. The molecule has 1 aromatic heterocycles. The van der Waals surface area contributed by atoms with Gasteiger partial charge in [0.15, 0.2) is 0 Å². The molecule has 0 atom stereocenters. The minimum Gasteiger partial charge on any atom is -0.322 e. The van der Waals surface area contributed by atoms with E-state index in [1.807, 2.05) is 44.1 Å². The number of hydrogen-bond donors (Lipinski definition) is 2. The summed E-state index contributed by atoms with van der Waals surface area (Å²) in [5.74, 6) is -0.531. The maximum atomic E-state index is 13.7. The molecule has 2 aliphatic rings. The summed E-state index contributed by atoms with van der Waals surface area (Å²) >= 11 is 0. The van der Waals surface area contributed by atoms with Crippen molar-refractivity contribution in [3.63, 3.8) is 0 Å². The number of amides is 1. The molecule has 1 saturated heterocycles. The molecule has 12 heteroatoms. The molecule has 3 aromatic rings. The van der Waals surface area contributed by atoms with E-state index in [9.17, 15) is 22.4 Å². The van der Waals surface area contributed by atoms with Gasteiger partial charge in [-0.05, 0) is 68.1 Å². The first-order chi connectivity index (χ1) is 19.4. The Hall–Kier alpha value is -3.90. The number of hydrazine groups is 2. The summed E-state index contributed by atoms with van der Waals surface area (Å²) in [4.78, 5) is 15.2. The van der Waals surface area contributed by atoms with E-state index in [1.54, 1.807) is 40.3 Å². The summed E-state index contributed by atoms with van der Waals surface area (Å²) in [7, 11) is 3.70. The van der Waals surface area contributed by atoms with Crippen molar-refractivity contribution in [2.75, 3.05) is 30.5 Å². The summed E-state index contributed by atoms with van der Waals surface area (Å²) in [6.07, 6.45) is -1.06. The van der Waals surface area contributed by atoms with Gasteiger partial charge in [-0.1, -0.05) is 6.07 Å². The predicted octanol–water partition coefficient (Wildman–Crippen LogP) is 5.41. The zero-order chi connectivity index (χ0) is 29.5. The average Bonchev–Trinajstić information content (AvgIpc) is 3.46. The molecule has 0 radical (unpaired) electrons. The lowest BCUT2D eigenvalue weighted by Gasteiger charge is -2.28. The number of likely N-dealkylation sites (tertiary alicyclic amines) is 1. The van der Waals surface area contributed by atoms with E-state index in [0.717, 1.165) is 40.3 Å². The number of carbonyl (C=O) groups excluding carboxylic acids is 1. The molecule has 0 saturated carbocycles. The summed E-state index contributed by atoms with van der Waals surface area (Å²) in [6.45, 7) is 5.07. The van der Waals surface area contributed by atoms with Gasteiger partial charge in [-0.3, -0.25) is 24.8 Å². The van der Waals surface area contributed by atoms with Crippen LogP contribution in [0.2, 0.25) is 0 Å². The van der Waals surface area contributed by atoms with Crippen molar-refractivity contribution in [2.45, 2.75) is 45.6 Å². The second-order valence-corrected chi connectivity index (χ2v) is 10.6. The van der Waals surface area contributed by atoms with Gasteiger partial charge < -0.3 is 5.32 Å². The molecule has 2 aliphatic heterocycles. The van der Waals surface area contributed by atoms with Gasteiger partial charge in [-0.2, -0.15) is 18.3 Å². The number of nitrogens with zero attached hydrogens (tertiary/aromatic N) is 5. The van der Waals surface area contributed by atoms with Crippen LogP contribution in [0.1, 0.15) is 51.1 Å². The highest BCUT2D eigenvalue weighted by molar-refractivity contribution is 6.05. The largest absolute Gasteiger partial charge is 0.416 e. The van der Waals surface area contributed by atoms with E-state index in [1.165, 1.54) is 0 Å². The van der Waals surface area contributed by atoms with E-state index in [0.29, 0.717) is 37.1 Å². The fourth-order valence-corrected chi connectivity index (χ4v) is 5.13. The number of anilines is 2. The highest BCUT2D eigenvalue weighted by Crippen LogP contribution is 2.34. The lowest BCUT2D eigenvalue weighted by atomic mass is 10.0. The number of nitrogens with one attached hydrogen (secondary N) is 2. The van der Waals surface area contributed by atoms with Crippen molar-refractivity contribution in [1.29, 1.82) is 0 Å². The topological polar surface area (TPSA) is 68.7 Å². The molecule has 5 rings (SSSR count). The molecule has 8 nitrogen and oxygen atoms in total. The number of alkyl halides is 4. The van der Waals surface area contributed by atoms with Crippen LogP contribution in [0, 0.1) is 13.8 Å². The molecular weight excluding hydrogens is 538 g/mol. The van der Waals surface area contributed by atoms with Gasteiger partial charge in [-0.25, -0.2) is 4.39 Å². The van der Waals surface area contributed by atoms with Crippen molar-refractivity contribution in [3.8, 4) is 0 Å². The zero-order valence-corrected chi connectivity index (χ0v) is 23.4. The van der Waals surface area contributed by atoms with Gasteiger partial charge in [0.05, 0.1) is 23.1 Å².